The summed E-state index contributed by atoms with van der Waals surface area (Å²) in [5, 5.41) is 17.1. The molecule has 5 aromatic rings. The first kappa shape index (κ1) is 29.5. The lowest BCUT2D eigenvalue weighted by Crippen LogP contribution is -2.61. The van der Waals surface area contributed by atoms with Gasteiger partial charge in [0.25, 0.3) is 5.91 Å². The fourth-order valence-corrected chi connectivity index (χ4v) is 7.18. The van der Waals surface area contributed by atoms with E-state index in [0.717, 1.165) is 58.4 Å². The van der Waals surface area contributed by atoms with Crippen molar-refractivity contribution < 1.29 is 19.5 Å². The number of amides is 2. The highest BCUT2D eigenvalue weighted by atomic mass is 16.4. The molecule has 2 saturated carbocycles. The maximum atomic E-state index is 13.8. The predicted molar refractivity (Wildman–Crippen MR) is 181 cm³/mol. The molecule has 2 aliphatic carbocycles. The molecule has 0 bridgehead atoms. The van der Waals surface area contributed by atoms with Crippen LogP contribution in [0.2, 0.25) is 0 Å². The smallest absolute Gasteiger partial charge is 0.328 e. The summed E-state index contributed by atoms with van der Waals surface area (Å²) in [6, 6.07) is 23.2. The number of hydrogen-bond acceptors (Lipinski definition) is 4. The summed E-state index contributed by atoms with van der Waals surface area (Å²) in [5.74, 6) is -1.11. The van der Waals surface area contributed by atoms with Crippen molar-refractivity contribution in [2.75, 3.05) is 5.32 Å². The Morgan fingerprint density at radius 2 is 1.72 bits per heavy atom. The molecule has 0 aliphatic heterocycles. The summed E-state index contributed by atoms with van der Waals surface area (Å²) in [6.07, 6.45) is 11.1. The Morgan fingerprint density at radius 3 is 2.43 bits per heavy atom. The van der Waals surface area contributed by atoms with Gasteiger partial charge in [0, 0.05) is 52.4 Å². The number of carboxylic acid groups (broad SMARTS) is 1. The van der Waals surface area contributed by atoms with Crippen molar-refractivity contribution in [1.29, 1.82) is 0 Å². The number of aliphatic carboxylic acids is 1. The Hall–Kier alpha value is -5.24. The minimum atomic E-state index is -1.02. The maximum Gasteiger partial charge on any atom is 0.328 e. The number of rotatable bonds is 8. The van der Waals surface area contributed by atoms with Crippen LogP contribution in [0.1, 0.15) is 72.3 Å². The number of carbonyl (C=O) groups is 3. The average Bonchev–Trinajstić information content (AvgIpc) is 3.68. The highest BCUT2D eigenvalue weighted by Crippen LogP contribution is 2.46. The van der Waals surface area contributed by atoms with E-state index in [4.69, 9.17) is 10.1 Å². The number of carboxylic acids is 1. The number of anilines is 1. The molecule has 2 amide bonds. The number of para-hydroxylation sites is 1. The van der Waals surface area contributed by atoms with Gasteiger partial charge in [-0.05, 0) is 85.6 Å². The van der Waals surface area contributed by atoms with Crippen molar-refractivity contribution in [3.05, 3.63) is 102 Å². The maximum absolute atomic E-state index is 13.8. The molecule has 3 N–H and O–H groups in total. The van der Waals surface area contributed by atoms with Gasteiger partial charge in [0.15, 0.2) is 0 Å². The molecular weight excluding hydrogens is 576 g/mol. The third-order valence-corrected chi connectivity index (χ3v) is 9.73. The Kier molecular flexibility index (Phi) is 7.64. The summed E-state index contributed by atoms with van der Waals surface area (Å²) in [7, 11) is 2.07. The number of aromatic nitrogens is 2. The second kappa shape index (κ2) is 11.9. The van der Waals surface area contributed by atoms with Crippen molar-refractivity contribution >= 4 is 51.4 Å². The van der Waals surface area contributed by atoms with Crippen LogP contribution in [0.4, 0.5) is 5.69 Å². The monoisotopic (exact) mass is 612 g/mol. The van der Waals surface area contributed by atoms with Crippen molar-refractivity contribution in [3.63, 3.8) is 0 Å². The number of nitrogens with one attached hydrogen (secondary N) is 2. The lowest BCUT2D eigenvalue weighted by atomic mass is 9.75. The van der Waals surface area contributed by atoms with Crippen molar-refractivity contribution in [2.24, 2.45) is 7.05 Å². The van der Waals surface area contributed by atoms with Crippen molar-refractivity contribution in [3.8, 4) is 11.3 Å². The second-order valence-corrected chi connectivity index (χ2v) is 12.6. The van der Waals surface area contributed by atoms with Gasteiger partial charge in [-0.2, -0.15) is 0 Å². The molecule has 0 radical (unpaired) electrons. The number of pyridine rings is 1. The summed E-state index contributed by atoms with van der Waals surface area (Å²) < 4.78 is 2.21. The lowest BCUT2D eigenvalue weighted by Gasteiger charge is -2.40. The molecule has 0 spiro atoms. The molecule has 8 heteroatoms. The zero-order valence-corrected chi connectivity index (χ0v) is 25.8. The highest BCUT2D eigenvalue weighted by Gasteiger charge is 2.45. The SMILES string of the molecule is Cn1c(-c2cccc3cccnc23)c(C2CCCC2)c2ccc(C(=O)NC3(C(=O)Nc4ccc(/C=C/C(=O)O)cc4)CCC3)cc21. The minimum absolute atomic E-state index is 0.255. The van der Waals surface area contributed by atoms with Crippen LogP contribution >= 0.6 is 0 Å². The van der Waals surface area contributed by atoms with E-state index in [1.807, 2.05) is 24.4 Å². The van der Waals surface area contributed by atoms with Crippen molar-refractivity contribution in [1.82, 2.24) is 14.9 Å². The number of benzene rings is 3. The van der Waals surface area contributed by atoms with Crippen LogP contribution in [0.5, 0.6) is 0 Å². The van der Waals surface area contributed by atoms with Crippen LogP contribution in [0.15, 0.2) is 85.1 Å². The van der Waals surface area contributed by atoms with Crippen LogP contribution in [0.3, 0.4) is 0 Å². The molecule has 0 saturated heterocycles. The fourth-order valence-electron chi connectivity index (χ4n) is 7.18. The van der Waals surface area contributed by atoms with Crippen LogP contribution in [-0.2, 0) is 16.6 Å². The molecule has 46 heavy (non-hydrogen) atoms. The van der Waals surface area contributed by atoms with E-state index in [1.54, 1.807) is 24.3 Å². The van der Waals surface area contributed by atoms with Gasteiger partial charge in [-0.15, -0.1) is 0 Å². The van der Waals surface area contributed by atoms with Crippen LogP contribution in [-0.4, -0.2) is 38.0 Å². The molecule has 232 valence electrons. The summed E-state index contributed by atoms with van der Waals surface area (Å²) in [4.78, 5) is 42.8. The standard InChI is InChI=1S/C38H36N4O4/c1-42-31-23-27(36(45)41-38(20-6-21-38)37(46)40-28-16-12-24(13-17-28)14-19-32(43)44)15-18-29(31)33(25-7-2-3-8-25)35(42)30-11-4-9-26-10-5-22-39-34(26)30/h4-5,9-19,22-23,25H,2-3,6-8,20-21H2,1H3,(H,40,46)(H,41,45)(H,43,44)/b19-14+. The van der Waals surface area contributed by atoms with Gasteiger partial charge in [0.2, 0.25) is 5.91 Å². The minimum Gasteiger partial charge on any atom is -0.478 e. The van der Waals surface area contributed by atoms with E-state index >= 15 is 0 Å². The second-order valence-electron chi connectivity index (χ2n) is 12.6. The van der Waals surface area contributed by atoms with Crippen LogP contribution in [0, 0.1) is 0 Å². The zero-order valence-electron chi connectivity index (χ0n) is 25.8. The summed E-state index contributed by atoms with van der Waals surface area (Å²) in [5.41, 5.74) is 6.36. The summed E-state index contributed by atoms with van der Waals surface area (Å²) >= 11 is 0. The first-order valence-electron chi connectivity index (χ1n) is 15.9. The predicted octanol–water partition coefficient (Wildman–Crippen LogP) is 7.44. The molecule has 8 nitrogen and oxygen atoms in total. The van der Waals surface area contributed by atoms with Crippen LogP contribution in [0.25, 0.3) is 39.1 Å². The molecule has 0 atom stereocenters. The Bertz CT molecular complexity index is 2010. The molecular formula is C38H36N4O4. The fraction of sp³-hybridized carbons (Fsp3) is 0.263. The van der Waals surface area contributed by atoms with E-state index < -0.39 is 11.5 Å². The number of nitrogens with zero attached hydrogens (tertiary/aromatic N) is 2. The van der Waals surface area contributed by atoms with Gasteiger partial charge in [0.05, 0.1) is 11.2 Å². The Morgan fingerprint density at radius 1 is 0.957 bits per heavy atom. The zero-order chi connectivity index (χ0) is 31.8. The lowest BCUT2D eigenvalue weighted by molar-refractivity contribution is -0.131. The quantitative estimate of drug-likeness (QED) is 0.158. The molecule has 2 aliphatic rings. The molecule has 2 aromatic heterocycles. The number of fused-ring (bicyclic) bond motifs is 2. The van der Waals surface area contributed by atoms with E-state index in [9.17, 15) is 14.4 Å². The van der Waals surface area contributed by atoms with Gasteiger partial charge in [-0.3, -0.25) is 14.6 Å². The Labute approximate surface area is 267 Å². The largest absolute Gasteiger partial charge is 0.478 e. The van der Waals surface area contributed by atoms with E-state index in [0.29, 0.717) is 35.6 Å². The average molecular weight is 613 g/mol. The van der Waals surface area contributed by atoms with Gasteiger partial charge in [-0.25, -0.2) is 4.79 Å². The van der Waals surface area contributed by atoms with Crippen molar-refractivity contribution in [2.45, 2.75) is 56.4 Å². The van der Waals surface area contributed by atoms with Gasteiger partial charge in [0.1, 0.15) is 5.54 Å². The molecule has 0 unspecified atom stereocenters. The topological polar surface area (TPSA) is 113 Å². The number of aryl methyl sites for hydroxylation is 1. The first-order valence-corrected chi connectivity index (χ1v) is 15.9. The van der Waals surface area contributed by atoms with Gasteiger partial charge in [-0.1, -0.05) is 55.3 Å². The highest BCUT2D eigenvalue weighted by molar-refractivity contribution is 6.07. The first-order chi connectivity index (χ1) is 22.3. The molecule has 2 heterocycles. The van der Waals surface area contributed by atoms with Crippen LogP contribution < -0.4 is 10.6 Å². The van der Waals surface area contributed by atoms with E-state index in [2.05, 4.69) is 52.6 Å². The van der Waals surface area contributed by atoms with Gasteiger partial charge < -0.3 is 20.3 Å². The number of hydrogen-bond donors (Lipinski definition) is 3. The Balaban J connectivity index is 1.19. The van der Waals surface area contributed by atoms with Gasteiger partial charge >= 0.3 is 5.97 Å². The summed E-state index contributed by atoms with van der Waals surface area (Å²) in [6.45, 7) is 0. The van der Waals surface area contributed by atoms with E-state index in [-0.39, 0.29) is 11.8 Å². The third kappa shape index (κ3) is 5.34. The third-order valence-electron chi connectivity index (χ3n) is 9.73. The number of carbonyl (C=O) groups excluding carboxylic acids is 2. The normalized spacial score (nSPS) is 16.1. The molecule has 3 aromatic carbocycles. The molecule has 7 rings (SSSR count). The molecule has 2 fully saturated rings. The van der Waals surface area contributed by atoms with E-state index in [1.165, 1.54) is 24.5 Å².